The quantitative estimate of drug-likeness (QED) is 0.898. The van der Waals surface area contributed by atoms with Crippen LogP contribution in [0.15, 0.2) is 42.6 Å². The summed E-state index contributed by atoms with van der Waals surface area (Å²) in [7, 11) is 0. The highest BCUT2D eigenvalue weighted by Crippen LogP contribution is 2.18. The predicted octanol–water partition coefficient (Wildman–Crippen LogP) is 2.92. The van der Waals surface area contributed by atoms with Crippen molar-refractivity contribution in [2.45, 2.75) is 13.8 Å². The van der Waals surface area contributed by atoms with Gasteiger partial charge in [0.1, 0.15) is 5.82 Å². The Labute approximate surface area is 158 Å². The molecule has 0 saturated carbocycles. The summed E-state index contributed by atoms with van der Waals surface area (Å²) < 4.78 is 5.03. The first kappa shape index (κ1) is 18.7. The normalized spacial score (nSPS) is 14.0. The van der Waals surface area contributed by atoms with Gasteiger partial charge in [0.25, 0.3) is 5.91 Å². The number of rotatable bonds is 4. The average molecular weight is 368 g/mol. The summed E-state index contributed by atoms with van der Waals surface area (Å²) >= 11 is 0. The number of pyridine rings is 1. The Bertz CT molecular complexity index is 799. The summed E-state index contributed by atoms with van der Waals surface area (Å²) in [6.07, 6.45) is 1.39. The van der Waals surface area contributed by atoms with Gasteiger partial charge < -0.3 is 19.9 Å². The van der Waals surface area contributed by atoms with E-state index < -0.39 is 0 Å². The van der Waals surface area contributed by atoms with Gasteiger partial charge in [-0.05, 0) is 37.6 Å². The fraction of sp³-hybridized carbons (Fsp3) is 0.350. The third kappa shape index (κ3) is 4.55. The lowest BCUT2D eigenvalue weighted by Gasteiger charge is -2.34. The fourth-order valence-electron chi connectivity index (χ4n) is 3.01. The summed E-state index contributed by atoms with van der Waals surface area (Å²) in [6.45, 7) is 6.69. The topological polar surface area (TPSA) is 74.8 Å². The van der Waals surface area contributed by atoms with E-state index in [4.69, 9.17) is 4.74 Å². The van der Waals surface area contributed by atoms with Crippen LogP contribution >= 0.6 is 0 Å². The molecule has 142 valence electrons. The second-order valence-electron chi connectivity index (χ2n) is 6.35. The molecular formula is C20H24N4O3. The van der Waals surface area contributed by atoms with Gasteiger partial charge in [-0.1, -0.05) is 18.2 Å². The number of nitrogens with zero attached hydrogens (tertiary/aromatic N) is 3. The maximum Gasteiger partial charge on any atom is 0.409 e. The molecule has 2 aromatic rings. The molecule has 2 amide bonds. The third-order valence-electron chi connectivity index (χ3n) is 4.53. The Morgan fingerprint density at radius 2 is 1.85 bits per heavy atom. The number of nitrogens with one attached hydrogen (secondary N) is 1. The first-order valence-corrected chi connectivity index (χ1v) is 9.08. The summed E-state index contributed by atoms with van der Waals surface area (Å²) in [6, 6.07) is 11.2. The molecule has 1 aromatic heterocycles. The van der Waals surface area contributed by atoms with Crippen molar-refractivity contribution in [3.05, 3.63) is 53.7 Å². The van der Waals surface area contributed by atoms with Crippen LogP contribution in [0.4, 0.5) is 16.3 Å². The largest absolute Gasteiger partial charge is 0.450 e. The van der Waals surface area contributed by atoms with E-state index >= 15 is 0 Å². The summed E-state index contributed by atoms with van der Waals surface area (Å²) in [5.41, 5.74) is 2.23. The minimum Gasteiger partial charge on any atom is -0.450 e. The number of benzene rings is 1. The molecule has 0 bridgehead atoms. The van der Waals surface area contributed by atoms with Crippen molar-refractivity contribution in [3.8, 4) is 0 Å². The molecule has 2 heterocycles. The van der Waals surface area contributed by atoms with Crippen LogP contribution in [0.1, 0.15) is 22.8 Å². The number of aryl methyl sites for hydroxylation is 1. The number of piperazine rings is 1. The Morgan fingerprint density at radius 3 is 2.48 bits per heavy atom. The molecule has 1 aromatic carbocycles. The fourth-order valence-corrected chi connectivity index (χ4v) is 3.01. The van der Waals surface area contributed by atoms with E-state index in [9.17, 15) is 9.59 Å². The first-order valence-electron chi connectivity index (χ1n) is 9.08. The average Bonchev–Trinajstić information content (AvgIpc) is 2.69. The number of carbonyl (C=O) groups is 2. The molecule has 0 unspecified atom stereocenters. The van der Waals surface area contributed by atoms with Crippen LogP contribution in [-0.4, -0.2) is 54.7 Å². The molecule has 0 spiro atoms. The van der Waals surface area contributed by atoms with Crippen LogP contribution in [0.2, 0.25) is 0 Å². The van der Waals surface area contributed by atoms with E-state index in [0.29, 0.717) is 44.0 Å². The van der Waals surface area contributed by atoms with Crippen LogP contribution in [0, 0.1) is 6.92 Å². The SMILES string of the molecule is CCOC(=O)N1CCN(c2ccc(NC(=O)c3ccccc3C)cn2)CC1. The van der Waals surface area contributed by atoms with Crippen molar-refractivity contribution < 1.29 is 14.3 Å². The second kappa shape index (κ2) is 8.53. The molecule has 27 heavy (non-hydrogen) atoms. The zero-order valence-corrected chi connectivity index (χ0v) is 15.6. The van der Waals surface area contributed by atoms with Crippen LogP contribution in [0.25, 0.3) is 0 Å². The van der Waals surface area contributed by atoms with Crippen molar-refractivity contribution in [3.63, 3.8) is 0 Å². The van der Waals surface area contributed by atoms with Crippen LogP contribution in [0.5, 0.6) is 0 Å². The number of aromatic nitrogens is 1. The molecule has 1 aliphatic rings. The van der Waals surface area contributed by atoms with Crippen molar-refractivity contribution in [2.24, 2.45) is 0 Å². The number of anilines is 2. The highest BCUT2D eigenvalue weighted by atomic mass is 16.6. The van der Waals surface area contributed by atoms with Crippen molar-refractivity contribution in [1.82, 2.24) is 9.88 Å². The van der Waals surface area contributed by atoms with E-state index in [1.165, 1.54) is 0 Å². The summed E-state index contributed by atoms with van der Waals surface area (Å²) in [4.78, 5) is 32.4. The highest BCUT2D eigenvalue weighted by Gasteiger charge is 2.22. The van der Waals surface area contributed by atoms with Crippen LogP contribution in [0.3, 0.4) is 0 Å². The second-order valence-corrected chi connectivity index (χ2v) is 6.35. The van der Waals surface area contributed by atoms with Crippen LogP contribution < -0.4 is 10.2 Å². The molecule has 0 atom stereocenters. The molecule has 1 fully saturated rings. The molecule has 1 aliphatic heterocycles. The number of carbonyl (C=O) groups excluding carboxylic acids is 2. The number of ether oxygens (including phenoxy) is 1. The number of hydrogen-bond donors (Lipinski definition) is 1. The van der Waals surface area contributed by atoms with Crippen molar-refractivity contribution in [1.29, 1.82) is 0 Å². The van der Waals surface area contributed by atoms with Gasteiger partial charge in [0.05, 0.1) is 18.5 Å². The van der Waals surface area contributed by atoms with Gasteiger partial charge in [0, 0.05) is 31.7 Å². The smallest absolute Gasteiger partial charge is 0.409 e. The lowest BCUT2D eigenvalue weighted by Crippen LogP contribution is -2.49. The zero-order chi connectivity index (χ0) is 19.2. The Morgan fingerprint density at radius 1 is 1.11 bits per heavy atom. The minimum absolute atomic E-state index is 0.147. The van der Waals surface area contributed by atoms with Gasteiger partial charge in [-0.2, -0.15) is 0 Å². The van der Waals surface area contributed by atoms with Crippen LogP contribution in [-0.2, 0) is 4.74 Å². The lowest BCUT2D eigenvalue weighted by atomic mass is 10.1. The molecule has 7 nitrogen and oxygen atoms in total. The molecule has 1 N–H and O–H groups in total. The predicted molar refractivity (Wildman–Crippen MR) is 104 cm³/mol. The maximum atomic E-state index is 12.4. The molecule has 0 aliphatic carbocycles. The van der Waals surface area contributed by atoms with Crippen molar-refractivity contribution >= 4 is 23.5 Å². The summed E-state index contributed by atoms with van der Waals surface area (Å²) in [5, 5.41) is 2.88. The standard InChI is InChI=1S/C20H24N4O3/c1-3-27-20(26)24-12-10-23(11-13-24)18-9-8-16(14-21-18)22-19(25)17-7-5-4-6-15(17)2/h4-9,14H,3,10-13H2,1-2H3,(H,22,25). The zero-order valence-electron chi connectivity index (χ0n) is 15.6. The molecular weight excluding hydrogens is 344 g/mol. The minimum atomic E-state index is -0.264. The number of amides is 2. The van der Waals surface area contributed by atoms with Gasteiger partial charge in [-0.15, -0.1) is 0 Å². The third-order valence-corrected chi connectivity index (χ3v) is 4.53. The maximum absolute atomic E-state index is 12.4. The Balaban J connectivity index is 1.57. The van der Waals surface area contributed by atoms with E-state index in [1.54, 1.807) is 24.1 Å². The van der Waals surface area contributed by atoms with Gasteiger partial charge in [0.15, 0.2) is 0 Å². The first-order chi connectivity index (χ1) is 13.1. The molecule has 3 rings (SSSR count). The molecule has 7 heteroatoms. The number of hydrogen-bond acceptors (Lipinski definition) is 5. The van der Waals surface area contributed by atoms with Gasteiger partial charge in [-0.25, -0.2) is 9.78 Å². The highest BCUT2D eigenvalue weighted by molar-refractivity contribution is 6.05. The lowest BCUT2D eigenvalue weighted by molar-refractivity contribution is 0.102. The van der Waals surface area contributed by atoms with Crippen molar-refractivity contribution in [2.75, 3.05) is 43.0 Å². The monoisotopic (exact) mass is 368 g/mol. The van der Waals surface area contributed by atoms with E-state index in [2.05, 4.69) is 15.2 Å². The Hall–Kier alpha value is -3.09. The van der Waals surface area contributed by atoms with E-state index in [0.717, 1.165) is 11.4 Å². The Kier molecular flexibility index (Phi) is 5.90. The molecule has 1 saturated heterocycles. The summed E-state index contributed by atoms with van der Waals surface area (Å²) in [5.74, 6) is 0.679. The molecule has 0 radical (unpaired) electrons. The van der Waals surface area contributed by atoms with E-state index in [1.807, 2.05) is 37.3 Å². The van der Waals surface area contributed by atoms with Gasteiger partial charge in [0.2, 0.25) is 0 Å². The van der Waals surface area contributed by atoms with Gasteiger partial charge in [-0.3, -0.25) is 4.79 Å². The van der Waals surface area contributed by atoms with E-state index in [-0.39, 0.29) is 12.0 Å². The van der Waals surface area contributed by atoms with Gasteiger partial charge >= 0.3 is 6.09 Å².